The maximum Gasteiger partial charge on any atom is 0.417 e. The maximum absolute atomic E-state index is 14.3. The summed E-state index contributed by atoms with van der Waals surface area (Å²) in [5.41, 5.74) is -16.9. The number of alkyl halides is 21. The first-order valence-corrected chi connectivity index (χ1v) is 37.0. The molecular weight excluding hydrogens is 2200 g/mol. The molecule has 12 aromatic carbocycles. The van der Waals surface area contributed by atoms with E-state index in [2.05, 4.69) is 48.8 Å². The van der Waals surface area contributed by atoms with Crippen molar-refractivity contribution in [2.24, 2.45) is 0 Å². The number of thiophene rings is 3. The average Bonchev–Trinajstić information content (AvgIpc) is 0.827. The van der Waals surface area contributed by atoms with Gasteiger partial charge >= 0.3 is 43.2 Å². The molecule has 6 aromatic heterocycles. The number of halogens is 21. The van der Waals surface area contributed by atoms with E-state index in [1.54, 1.807) is 78.9 Å². The number of fused-ring (bicyclic) bond motifs is 9. The largest absolute Gasteiger partial charge is 0.417 e. The Bertz CT molecular complexity index is 6940. The minimum Gasteiger partial charge on any atom is -0.206 e. The molecule has 6 nitrogen and oxygen atoms in total. The van der Waals surface area contributed by atoms with Gasteiger partial charge in [-0.1, -0.05) is 133 Å². The quantitative estimate of drug-likeness (QED) is 0.0938. The molecule has 18 rings (SSSR count). The van der Waals surface area contributed by atoms with Crippen molar-refractivity contribution in [3.63, 3.8) is 0 Å². The van der Waals surface area contributed by atoms with Gasteiger partial charge in [0.1, 0.15) is 0 Å². The van der Waals surface area contributed by atoms with Crippen LogP contribution >= 0.6 is 34.0 Å². The molecule has 0 unspecified atom stereocenters. The standard InChI is InChI=1S/C29H12F9N2S.2C29H15F6N2S.3Ir/c30-27(31,32)20-10-9-17(23(28(33,34)35)24(20)29(36,37)38)25-18-11-14-5-1-2-6-15(14)12-19(18)26(40-39-25)22-13-16-7-3-4-8-21(16)41-22;1-15-10-19(13-22(28(30,31)32)25(15)29(33,34)35)26-20-11-16-6-2-3-7-17(16)12-21(20)27(37-36-26)24-14-18-8-4-5-9-23(18)38-24;1-15-10-21(25(29(33,34)35)22(11-15)28(30,31)32)26-19-12-16-6-2-3-7-17(16)13-20(19)27(37-36-26)24-14-18-8-4-5-9-23(18)38-24;;;/h1-12H;2*2-13H,1H3;;;/q3*-1;;;. The van der Waals surface area contributed by atoms with Crippen molar-refractivity contribution in [2.75, 3.05) is 0 Å². The summed E-state index contributed by atoms with van der Waals surface area (Å²) >= 11 is 4.13. The number of benzene rings is 12. The molecule has 3 radical (unpaired) electrons. The monoisotopic (exact) mass is 2240 g/mol. The van der Waals surface area contributed by atoms with Gasteiger partial charge in [-0.25, -0.2) is 34.0 Å². The summed E-state index contributed by atoms with van der Waals surface area (Å²) in [6.45, 7) is 2.34. The molecule has 0 amide bonds. The minimum absolute atomic E-state index is 0. The molecule has 0 saturated carbocycles. The van der Waals surface area contributed by atoms with Crippen molar-refractivity contribution in [2.45, 2.75) is 57.1 Å². The molecule has 0 aliphatic carbocycles. The van der Waals surface area contributed by atoms with E-state index >= 15 is 0 Å². The molecule has 0 N–H and O–H groups in total. The van der Waals surface area contributed by atoms with Crippen LogP contribution in [0.4, 0.5) is 92.2 Å². The van der Waals surface area contributed by atoms with Crippen LogP contribution in [0.2, 0.25) is 0 Å². The van der Waals surface area contributed by atoms with Crippen molar-refractivity contribution in [1.82, 2.24) is 30.6 Å². The van der Waals surface area contributed by atoms with Gasteiger partial charge in [0.25, 0.3) is 0 Å². The molecule has 120 heavy (non-hydrogen) atoms. The Balaban J connectivity index is 0.000000154. The number of hydrogen-bond donors (Lipinski definition) is 0. The van der Waals surface area contributed by atoms with Crippen molar-refractivity contribution in [3.05, 3.63) is 287 Å². The van der Waals surface area contributed by atoms with Crippen molar-refractivity contribution in [3.8, 4) is 65.5 Å². The van der Waals surface area contributed by atoms with E-state index in [0.29, 0.717) is 76.5 Å². The van der Waals surface area contributed by atoms with E-state index in [1.165, 1.54) is 47.0 Å². The van der Waals surface area contributed by atoms with Gasteiger partial charge in [0, 0.05) is 110 Å². The van der Waals surface area contributed by atoms with Crippen molar-refractivity contribution < 1.29 is 153 Å². The van der Waals surface area contributed by atoms with Crippen LogP contribution in [0.15, 0.2) is 218 Å². The molecular formula is C87H42F21Ir3N6S3-3. The summed E-state index contributed by atoms with van der Waals surface area (Å²) in [5, 5.41) is 34.0. The van der Waals surface area contributed by atoms with Crippen LogP contribution < -0.4 is 0 Å². The summed E-state index contributed by atoms with van der Waals surface area (Å²) in [5.74, 6) is 0. The van der Waals surface area contributed by atoms with Gasteiger partial charge in [-0.3, -0.25) is 0 Å². The molecule has 0 aliphatic heterocycles. The van der Waals surface area contributed by atoms with Crippen LogP contribution in [0, 0.1) is 32.0 Å². The van der Waals surface area contributed by atoms with Crippen LogP contribution in [0.1, 0.15) is 50.1 Å². The predicted octanol–water partition coefficient (Wildman–Crippen LogP) is 29.1. The zero-order valence-electron chi connectivity index (χ0n) is 60.1. The van der Waals surface area contributed by atoms with Gasteiger partial charge in [0.15, 0.2) is 0 Å². The molecule has 0 saturated heterocycles. The minimum atomic E-state index is -5.98. The van der Waals surface area contributed by atoms with Gasteiger partial charge in [-0.15, -0.1) is 70.8 Å². The second kappa shape index (κ2) is 32.6. The molecule has 0 fully saturated rings. The van der Waals surface area contributed by atoms with Crippen LogP contribution in [-0.2, 0) is 104 Å². The van der Waals surface area contributed by atoms with E-state index in [-0.39, 0.29) is 111 Å². The summed E-state index contributed by atoms with van der Waals surface area (Å²) in [7, 11) is 0. The van der Waals surface area contributed by atoms with Gasteiger partial charge in [0.2, 0.25) is 0 Å². The van der Waals surface area contributed by atoms with E-state index in [9.17, 15) is 92.2 Å². The zero-order chi connectivity index (χ0) is 83.0. The predicted molar refractivity (Wildman–Crippen MR) is 411 cm³/mol. The Labute approximate surface area is 715 Å². The molecule has 6 heterocycles. The normalized spacial score (nSPS) is 12.4. The second-order valence-electron chi connectivity index (χ2n) is 26.9. The molecule has 0 spiro atoms. The third-order valence-corrected chi connectivity index (χ3v) is 22.5. The van der Waals surface area contributed by atoms with E-state index in [4.69, 9.17) is 0 Å². The van der Waals surface area contributed by atoms with Crippen LogP contribution in [0.5, 0.6) is 0 Å². The maximum atomic E-state index is 14.3. The molecule has 0 aliphatic rings. The molecule has 18 aromatic rings. The van der Waals surface area contributed by atoms with E-state index in [1.807, 2.05) is 97.1 Å². The number of hydrogen-bond acceptors (Lipinski definition) is 9. The zero-order valence-corrected chi connectivity index (χ0v) is 69.8. The van der Waals surface area contributed by atoms with Gasteiger partial charge < -0.3 is 0 Å². The summed E-state index contributed by atoms with van der Waals surface area (Å²) < 4.78 is 294. The SMILES string of the molecule is Cc1cc(-c2nnc(-c3[c-]c4ccccc4s3)c3cc4ccccc4cc23)c(C(F)(F)F)c(C(F)(F)F)c1.Cc1cc(-c2nnc(-c3[c-]c4ccccc4s3)c3cc4ccccc4cc23)cc(C(F)(F)F)c1C(F)(F)F.FC(F)(F)c1ccc(-c2nnc(-c3[c-]c4ccccc4s3)c3cc4ccccc4cc23)c(C(F)(F)F)c1C(F)(F)F.[Ir].[Ir].[Ir]. The second-order valence-corrected chi connectivity index (χ2v) is 30.1. The number of aromatic nitrogens is 6. The number of rotatable bonds is 6. The third-order valence-electron chi connectivity index (χ3n) is 19.3. The smallest absolute Gasteiger partial charge is 0.206 e. The van der Waals surface area contributed by atoms with E-state index < -0.39 is 105 Å². The first kappa shape index (κ1) is 87.6. The summed E-state index contributed by atoms with van der Waals surface area (Å²) in [6.07, 6.45) is -38.4. The fraction of sp³-hybridized carbons (Fsp3) is 0.103. The van der Waals surface area contributed by atoms with Crippen LogP contribution in [0.25, 0.3) is 160 Å². The Morgan fingerprint density at radius 3 is 0.875 bits per heavy atom. The molecule has 615 valence electrons. The van der Waals surface area contributed by atoms with E-state index in [0.717, 1.165) is 65.5 Å². The average molecular weight is 2240 g/mol. The Kier molecular flexibility index (Phi) is 23.8. The first-order valence-electron chi connectivity index (χ1n) is 34.5. The third kappa shape index (κ3) is 16.9. The summed E-state index contributed by atoms with van der Waals surface area (Å²) in [6, 6.07) is 67.3. The van der Waals surface area contributed by atoms with Gasteiger partial charge in [-0.2, -0.15) is 123 Å². The van der Waals surface area contributed by atoms with Crippen LogP contribution in [0.3, 0.4) is 0 Å². The first-order chi connectivity index (χ1) is 55.2. The molecule has 33 heteroatoms. The number of nitrogens with zero attached hydrogens (tertiary/aromatic N) is 6. The topological polar surface area (TPSA) is 77.3 Å². The Morgan fingerprint density at radius 1 is 0.250 bits per heavy atom. The number of aryl methyl sites for hydroxylation is 2. The van der Waals surface area contributed by atoms with Crippen molar-refractivity contribution >= 4 is 129 Å². The van der Waals surface area contributed by atoms with Gasteiger partial charge in [0.05, 0.1) is 56.0 Å². The Morgan fingerprint density at radius 2 is 0.542 bits per heavy atom. The van der Waals surface area contributed by atoms with Crippen LogP contribution in [-0.4, -0.2) is 30.6 Å². The summed E-state index contributed by atoms with van der Waals surface area (Å²) in [4.78, 5) is 1.80. The fourth-order valence-corrected chi connectivity index (χ4v) is 17.4. The fourth-order valence-electron chi connectivity index (χ4n) is 14.4. The molecule has 0 bridgehead atoms. The Hall–Kier alpha value is -10.2. The van der Waals surface area contributed by atoms with Crippen molar-refractivity contribution in [1.29, 1.82) is 0 Å². The molecule has 0 atom stereocenters. The van der Waals surface area contributed by atoms with Gasteiger partial charge in [-0.05, 0) is 151 Å².